The molecular weight excluding hydrogens is 402 g/mol. The Morgan fingerprint density at radius 1 is 0.906 bits per heavy atom. The first kappa shape index (κ1) is 23.1. The standard InChI is InChI=1S/C26H39N3O3/c30-25(14-19-32-24-8-2-1-3-9-24)29-17-10-22(11-18-29)26(31)27-23-12-15-28(16-13-23)20-21-6-4-5-7-21/h1-3,8-9,21-23H,4-7,10-20H2,(H,27,31). The van der Waals surface area contributed by atoms with Crippen LogP contribution in [-0.4, -0.2) is 67.0 Å². The number of amides is 2. The molecule has 0 bridgehead atoms. The third-order valence-electron chi connectivity index (χ3n) is 7.47. The molecule has 1 aromatic carbocycles. The summed E-state index contributed by atoms with van der Waals surface area (Å²) >= 11 is 0. The lowest BCUT2D eigenvalue weighted by Gasteiger charge is -2.35. The Hall–Kier alpha value is -2.08. The number of likely N-dealkylation sites (tertiary alicyclic amines) is 2. The molecule has 6 heteroatoms. The van der Waals surface area contributed by atoms with Gasteiger partial charge in [-0.25, -0.2) is 0 Å². The summed E-state index contributed by atoms with van der Waals surface area (Å²) in [4.78, 5) is 29.8. The maximum atomic E-state index is 12.8. The molecule has 32 heavy (non-hydrogen) atoms. The number of rotatable bonds is 8. The van der Waals surface area contributed by atoms with E-state index in [0.717, 1.165) is 50.4 Å². The molecule has 3 aliphatic rings. The molecule has 0 radical (unpaired) electrons. The monoisotopic (exact) mass is 441 g/mol. The van der Waals surface area contributed by atoms with Crippen LogP contribution in [0.5, 0.6) is 5.75 Å². The molecule has 4 rings (SSSR count). The molecular formula is C26H39N3O3. The highest BCUT2D eigenvalue weighted by atomic mass is 16.5. The zero-order valence-electron chi connectivity index (χ0n) is 19.3. The van der Waals surface area contributed by atoms with Crippen LogP contribution in [0.4, 0.5) is 0 Å². The summed E-state index contributed by atoms with van der Waals surface area (Å²) < 4.78 is 5.64. The molecule has 1 N–H and O–H groups in total. The van der Waals surface area contributed by atoms with Crippen LogP contribution in [0.1, 0.15) is 57.8 Å². The van der Waals surface area contributed by atoms with E-state index in [1.165, 1.54) is 32.2 Å². The van der Waals surface area contributed by atoms with Gasteiger partial charge in [0.05, 0.1) is 13.0 Å². The molecule has 0 aromatic heterocycles. The molecule has 1 aromatic rings. The number of piperidine rings is 2. The zero-order chi connectivity index (χ0) is 22.2. The van der Waals surface area contributed by atoms with Crippen LogP contribution in [0.15, 0.2) is 30.3 Å². The maximum absolute atomic E-state index is 12.8. The van der Waals surface area contributed by atoms with Gasteiger partial charge in [-0.05, 0) is 56.6 Å². The lowest BCUT2D eigenvalue weighted by atomic mass is 9.94. The number of para-hydroxylation sites is 1. The zero-order valence-corrected chi connectivity index (χ0v) is 19.3. The molecule has 176 valence electrons. The number of nitrogens with one attached hydrogen (secondary N) is 1. The first-order valence-electron chi connectivity index (χ1n) is 12.7. The number of carbonyl (C=O) groups excluding carboxylic acids is 2. The average molecular weight is 442 g/mol. The van der Waals surface area contributed by atoms with Gasteiger partial charge in [0.1, 0.15) is 5.75 Å². The quantitative estimate of drug-likeness (QED) is 0.671. The Balaban J connectivity index is 1.10. The first-order chi connectivity index (χ1) is 15.7. The van der Waals surface area contributed by atoms with Crippen molar-refractivity contribution in [2.45, 2.75) is 63.8 Å². The van der Waals surface area contributed by atoms with Crippen molar-refractivity contribution in [1.82, 2.24) is 15.1 Å². The van der Waals surface area contributed by atoms with Crippen LogP contribution >= 0.6 is 0 Å². The minimum Gasteiger partial charge on any atom is -0.493 e. The van der Waals surface area contributed by atoms with Crippen LogP contribution in [-0.2, 0) is 9.59 Å². The first-order valence-corrected chi connectivity index (χ1v) is 12.7. The molecule has 1 saturated carbocycles. The fourth-order valence-electron chi connectivity index (χ4n) is 5.46. The predicted octanol–water partition coefficient (Wildman–Crippen LogP) is 3.46. The lowest BCUT2D eigenvalue weighted by Crippen LogP contribution is -2.49. The maximum Gasteiger partial charge on any atom is 0.225 e. The second-order valence-electron chi connectivity index (χ2n) is 9.80. The summed E-state index contributed by atoms with van der Waals surface area (Å²) in [6, 6.07) is 9.90. The second kappa shape index (κ2) is 11.7. The van der Waals surface area contributed by atoms with Gasteiger partial charge in [-0.15, -0.1) is 0 Å². The average Bonchev–Trinajstić information content (AvgIpc) is 3.34. The van der Waals surface area contributed by atoms with Gasteiger partial charge in [0.2, 0.25) is 11.8 Å². The Kier molecular flexibility index (Phi) is 8.43. The van der Waals surface area contributed by atoms with E-state index in [0.29, 0.717) is 32.2 Å². The van der Waals surface area contributed by atoms with Gasteiger partial charge >= 0.3 is 0 Å². The van der Waals surface area contributed by atoms with Crippen molar-refractivity contribution >= 4 is 11.8 Å². The van der Waals surface area contributed by atoms with Gasteiger partial charge in [-0.2, -0.15) is 0 Å². The van der Waals surface area contributed by atoms with Crippen LogP contribution in [0.25, 0.3) is 0 Å². The Morgan fingerprint density at radius 2 is 1.59 bits per heavy atom. The number of ether oxygens (including phenoxy) is 1. The number of nitrogens with zero attached hydrogens (tertiary/aromatic N) is 2. The molecule has 2 saturated heterocycles. The van der Waals surface area contributed by atoms with Gasteiger partial charge in [-0.1, -0.05) is 31.0 Å². The van der Waals surface area contributed by atoms with E-state index < -0.39 is 0 Å². The van der Waals surface area contributed by atoms with E-state index in [2.05, 4.69) is 10.2 Å². The van der Waals surface area contributed by atoms with Crippen molar-refractivity contribution in [2.24, 2.45) is 11.8 Å². The largest absolute Gasteiger partial charge is 0.493 e. The van der Waals surface area contributed by atoms with Crippen molar-refractivity contribution in [3.8, 4) is 5.75 Å². The van der Waals surface area contributed by atoms with Gasteiger partial charge in [0.25, 0.3) is 0 Å². The molecule has 2 heterocycles. The second-order valence-corrected chi connectivity index (χ2v) is 9.80. The number of carbonyl (C=O) groups is 2. The topological polar surface area (TPSA) is 61.9 Å². The summed E-state index contributed by atoms with van der Waals surface area (Å²) in [5.74, 6) is 2.04. The van der Waals surface area contributed by atoms with Gasteiger partial charge in [0.15, 0.2) is 0 Å². The number of benzene rings is 1. The van der Waals surface area contributed by atoms with Gasteiger partial charge in [0, 0.05) is 44.7 Å². The molecule has 6 nitrogen and oxygen atoms in total. The smallest absolute Gasteiger partial charge is 0.225 e. The molecule has 2 aliphatic heterocycles. The molecule has 3 fully saturated rings. The fourth-order valence-corrected chi connectivity index (χ4v) is 5.46. The summed E-state index contributed by atoms with van der Waals surface area (Å²) in [6.45, 7) is 5.20. The molecule has 1 aliphatic carbocycles. The van der Waals surface area contributed by atoms with E-state index in [4.69, 9.17) is 4.74 Å². The minimum atomic E-state index is 0.0381. The Bertz CT molecular complexity index is 719. The summed E-state index contributed by atoms with van der Waals surface area (Å²) in [6.07, 6.45) is 9.65. The van der Waals surface area contributed by atoms with Crippen LogP contribution in [0.2, 0.25) is 0 Å². The van der Waals surface area contributed by atoms with Crippen molar-refractivity contribution < 1.29 is 14.3 Å². The van der Waals surface area contributed by atoms with Crippen LogP contribution < -0.4 is 10.1 Å². The Labute approximate surface area is 192 Å². The van der Waals surface area contributed by atoms with Crippen molar-refractivity contribution in [1.29, 1.82) is 0 Å². The predicted molar refractivity (Wildman–Crippen MR) is 125 cm³/mol. The highest BCUT2D eigenvalue weighted by Gasteiger charge is 2.30. The van der Waals surface area contributed by atoms with Crippen molar-refractivity contribution in [3.05, 3.63) is 30.3 Å². The fraction of sp³-hybridized carbons (Fsp3) is 0.692. The van der Waals surface area contributed by atoms with Crippen LogP contribution in [0.3, 0.4) is 0 Å². The van der Waals surface area contributed by atoms with Crippen molar-refractivity contribution in [2.75, 3.05) is 39.3 Å². The third-order valence-corrected chi connectivity index (χ3v) is 7.47. The Morgan fingerprint density at radius 3 is 2.28 bits per heavy atom. The van der Waals surface area contributed by atoms with Crippen molar-refractivity contribution in [3.63, 3.8) is 0 Å². The third kappa shape index (κ3) is 6.71. The molecule has 0 unspecified atom stereocenters. The van der Waals surface area contributed by atoms with Gasteiger partial charge < -0.3 is 19.9 Å². The van der Waals surface area contributed by atoms with E-state index in [-0.39, 0.29) is 17.7 Å². The normalized spacial score (nSPS) is 21.6. The molecule has 0 spiro atoms. The van der Waals surface area contributed by atoms with E-state index >= 15 is 0 Å². The summed E-state index contributed by atoms with van der Waals surface area (Å²) in [5, 5.41) is 3.31. The van der Waals surface area contributed by atoms with E-state index in [9.17, 15) is 9.59 Å². The summed E-state index contributed by atoms with van der Waals surface area (Å²) in [7, 11) is 0. The van der Waals surface area contributed by atoms with Crippen LogP contribution in [0, 0.1) is 11.8 Å². The minimum absolute atomic E-state index is 0.0381. The summed E-state index contributed by atoms with van der Waals surface area (Å²) in [5.41, 5.74) is 0. The number of hydrogen-bond acceptors (Lipinski definition) is 4. The molecule has 2 amide bonds. The highest BCUT2D eigenvalue weighted by molar-refractivity contribution is 5.80. The van der Waals surface area contributed by atoms with E-state index in [1.54, 1.807) is 0 Å². The highest BCUT2D eigenvalue weighted by Crippen LogP contribution is 2.26. The number of hydrogen-bond donors (Lipinski definition) is 1. The molecule has 0 atom stereocenters. The lowest BCUT2D eigenvalue weighted by molar-refractivity contribution is -0.136. The van der Waals surface area contributed by atoms with E-state index in [1.807, 2.05) is 35.2 Å². The SMILES string of the molecule is O=C(NC1CCN(CC2CCCC2)CC1)C1CCN(C(=O)CCOc2ccccc2)CC1. The van der Waals surface area contributed by atoms with Gasteiger partial charge in [-0.3, -0.25) is 9.59 Å².